The molecule has 0 amide bonds. The molecule has 0 saturated carbocycles. The van der Waals surface area contributed by atoms with Crippen LogP contribution in [0.5, 0.6) is 0 Å². The summed E-state index contributed by atoms with van der Waals surface area (Å²) in [6.07, 6.45) is 5.39. The molecule has 0 bridgehead atoms. The van der Waals surface area contributed by atoms with Crippen LogP contribution >= 0.6 is 11.6 Å². The zero-order chi connectivity index (χ0) is 26.6. The molecule has 0 fully saturated rings. The molecule has 0 radical (unpaired) electrons. The Hall–Kier alpha value is -3.03. The van der Waals surface area contributed by atoms with Crippen LogP contribution in [0.15, 0.2) is 78.9 Å². The van der Waals surface area contributed by atoms with Gasteiger partial charge in [-0.15, -0.1) is 0 Å². The minimum atomic E-state index is -3.62. The molecule has 4 rings (SSSR count). The molecule has 3 aromatic carbocycles. The number of hydrogen-bond donors (Lipinski definition) is 1. The van der Waals surface area contributed by atoms with E-state index in [-0.39, 0.29) is 0 Å². The third-order valence-electron chi connectivity index (χ3n) is 6.16. The highest BCUT2D eigenvalue weighted by atomic mass is 35.5. The van der Waals surface area contributed by atoms with Gasteiger partial charge in [0.15, 0.2) is 0 Å². The molecule has 0 aliphatic carbocycles. The van der Waals surface area contributed by atoms with Crippen LogP contribution in [0.1, 0.15) is 54.3 Å². The van der Waals surface area contributed by atoms with Gasteiger partial charge in [-0.05, 0) is 73.2 Å². The van der Waals surface area contributed by atoms with E-state index in [1.165, 1.54) is 0 Å². The Bertz CT molecular complexity index is 1530. The molecular weight excluding hydrogens is 506 g/mol. The number of benzene rings is 3. The highest BCUT2D eigenvalue weighted by Crippen LogP contribution is 2.31. The monoisotopic (exact) mass is 535 g/mol. The fourth-order valence-corrected chi connectivity index (χ4v) is 5.43. The number of hydrogen-bond acceptors (Lipinski definition) is 5. The summed E-state index contributed by atoms with van der Waals surface area (Å²) in [6, 6.07) is 25.0. The maximum atomic E-state index is 11.7. The Morgan fingerprint density at radius 1 is 1.00 bits per heavy atom. The first kappa shape index (κ1) is 27.0. The number of pyridine rings is 1. The third kappa shape index (κ3) is 7.27. The summed E-state index contributed by atoms with van der Waals surface area (Å²) in [4.78, 5) is 4.64. The lowest BCUT2D eigenvalue weighted by atomic mass is 9.90. The van der Waals surface area contributed by atoms with Gasteiger partial charge in [-0.1, -0.05) is 78.3 Å². The molecule has 0 spiro atoms. The number of aliphatic hydroxyl groups excluding tert-OH is 1. The lowest BCUT2D eigenvalue weighted by Gasteiger charge is -2.27. The van der Waals surface area contributed by atoms with Crippen LogP contribution in [0.25, 0.3) is 23.1 Å². The summed E-state index contributed by atoms with van der Waals surface area (Å²) in [5.74, 6) is 0. The molecule has 0 aliphatic rings. The molecule has 1 aromatic heterocycles. The van der Waals surface area contributed by atoms with Gasteiger partial charge in [-0.25, -0.2) is 4.98 Å². The van der Waals surface area contributed by atoms with E-state index in [9.17, 15) is 13.5 Å². The van der Waals surface area contributed by atoms with Gasteiger partial charge in [-0.2, -0.15) is 8.42 Å². The summed E-state index contributed by atoms with van der Waals surface area (Å²) in [5.41, 5.74) is 4.22. The van der Waals surface area contributed by atoms with Gasteiger partial charge in [0.05, 0.1) is 23.6 Å². The van der Waals surface area contributed by atoms with Crippen molar-refractivity contribution in [3.63, 3.8) is 0 Å². The number of aryl methyl sites for hydroxylation is 1. The number of aliphatic hydroxyl groups is 1. The largest absolute Gasteiger partial charge is 0.388 e. The first-order chi connectivity index (χ1) is 17.5. The Morgan fingerprint density at radius 3 is 2.43 bits per heavy atom. The molecule has 0 saturated heterocycles. The first-order valence-corrected chi connectivity index (χ1v) is 14.2. The third-order valence-corrected chi connectivity index (χ3v) is 7.11. The maximum absolute atomic E-state index is 11.7. The van der Waals surface area contributed by atoms with Gasteiger partial charge in [-0.3, -0.25) is 4.18 Å². The topological polar surface area (TPSA) is 76.5 Å². The van der Waals surface area contributed by atoms with Crippen LogP contribution in [-0.4, -0.2) is 24.8 Å². The van der Waals surface area contributed by atoms with Crippen molar-refractivity contribution in [1.29, 1.82) is 0 Å². The fourth-order valence-electron chi connectivity index (χ4n) is 4.42. The average molecular weight is 536 g/mol. The minimum absolute atomic E-state index is 0.491. The summed E-state index contributed by atoms with van der Waals surface area (Å²) >= 11 is 6.09. The molecule has 37 heavy (non-hydrogen) atoms. The number of rotatable bonds is 9. The zero-order valence-corrected chi connectivity index (χ0v) is 22.6. The van der Waals surface area contributed by atoms with E-state index in [1.807, 2.05) is 91.0 Å². The fraction of sp³-hybridized carbons (Fsp3) is 0.233. The number of aromatic nitrogens is 1. The van der Waals surface area contributed by atoms with Gasteiger partial charge in [0.1, 0.15) is 5.60 Å². The Balaban J connectivity index is 1.41. The van der Waals surface area contributed by atoms with E-state index < -0.39 is 21.8 Å². The summed E-state index contributed by atoms with van der Waals surface area (Å²) in [7, 11) is -3.62. The van der Waals surface area contributed by atoms with Crippen LogP contribution in [0, 0.1) is 0 Å². The van der Waals surface area contributed by atoms with Crippen LogP contribution < -0.4 is 0 Å². The van der Waals surface area contributed by atoms with Crippen LogP contribution in [-0.2, 0) is 26.3 Å². The second-order valence-corrected chi connectivity index (χ2v) is 11.6. The average Bonchev–Trinajstić information content (AvgIpc) is 2.85. The molecule has 1 atom stereocenters. The molecule has 1 unspecified atom stereocenters. The van der Waals surface area contributed by atoms with E-state index in [4.69, 9.17) is 15.8 Å². The quantitative estimate of drug-likeness (QED) is 0.235. The van der Waals surface area contributed by atoms with Gasteiger partial charge in [0.2, 0.25) is 0 Å². The molecule has 4 aromatic rings. The van der Waals surface area contributed by atoms with Gasteiger partial charge < -0.3 is 5.11 Å². The Kier molecular flexibility index (Phi) is 8.14. The molecule has 0 aliphatic heterocycles. The predicted octanol–water partition coefficient (Wildman–Crippen LogP) is 6.94. The van der Waals surface area contributed by atoms with Crippen molar-refractivity contribution in [1.82, 2.24) is 4.98 Å². The highest BCUT2D eigenvalue weighted by Gasteiger charge is 2.28. The Morgan fingerprint density at radius 2 is 1.70 bits per heavy atom. The molecule has 1 N–H and O–H groups in total. The van der Waals surface area contributed by atoms with Crippen molar-refractivity contribution in [3.8, 4) is 0 Å². The van der Waals surface area contributed by atoms with E-state index in [2.05, 4.69) is 4.98 Å². The molecular formula is C30H30ClNO4S. The number of nitrogens with zero attached hydrogens (tertiary/aromatic N) is 1. The number of fused-ring (bicyclic) bond motifs is 1. The Labute approximate surface area is 223 Å². The second-order valence-electron chi connectivity index (χ2n) is 9.58. The normalized spacial score (nSPS) is 13.3. The molecule has 192 valence electrons. The van der Waals surface area contributed by atoms with E-state index >= 15 is 0 Å². The molecule has 5 nitrogen and oxygen atoms in total. The van der Waals surface area contributed by atoms with Crippen molar-refractivity contribution < 1.29 is 17.7 Å². The standard InChI is InChI=1S/C30H30ClNO4S/c1-30(2,36-37(3,34)35)27-7-5-4-6-22(27)15-19-29(33)24-11-8-21(9-12-24)10-17-26-18-14-23-13-16-25(31)20-28(23)32-26/h4-14,16-18,20,29,33H,15,19H2,1-3H3. The number of halogens is 1. The van der Waals surface area contributed by atoms with Crippen LogP contribution in [0.3, 0.4) is 0 Å². The first-order valence-electron chi connectivity index (χ1n) is 12.0. The summed E-state index contributed by atoms with van der Waals surface area (Å²) < 4.78 is 28.8. The predicted molar refractivity (Wildman–Crippen MR) is 151 cm³/mol. The van der Waals surface area contributed by atoms with Gasteiger partial charge in [0, 0.05) is 10.4 Å². The molecule has 7 heteroatoms. The molecule has 1 heterocycles. The second kappa shape index (κ2) is 11.2. The lowest BCUT2D eigenvalue weighted by molar-refractivity contribution is 0.117. The summed E-state index contributed by atoms with van der Waals surface area (Å²) in [6.45, 7) is 3.47. The van der Waals surface area contributed by atoms with E-state index in [1.54, 1.807) is 13.8 Å². The van der Waals surface area contributed by atoms with Gasteiger partial charge >= 0.3 is 0 Å². The van der Waals surface area contributed by atoms with Crippen molar-refractivity contribution in [3.05, 3.63) is 112 Å². The smallest absolute Gasteiger partial charge is 0.265 e. The maximum Gasteiger partial charge on any atom is 0.265 e. The van der Waals surface area contributed by atoms with Crippen molar-refractivity contribution in [2.45, 2.75) is 38.4 Å². The van der Waals surface area contributed by atoms with E-state index in [0.717, 1.165) is 45.1 Å². The lowest BCUT2D eigenvalue weighted by Crippen LogP contribution is -2.26. The van der Waals surface area contributed by atoms with Crippen molar-refractivity contribution >= 4 is 44.8 Å². The van der Waals surface area contributed by atoms with Crippen molar-refractivity contribution in [2.24, 2.45) is 0 Å². The van der Waals surface area contributed by atoms with Crippen LogP contribution in [0.4, 0.5) is 0 Å². The SMILES string of the molecule is CC(C)(OS(C)(=O)=O)c1ccccc1CCC(O)c1ccc(C=Cc2ccc3ccc(Cl)cc3n2)cc1. The zero-order valence-electron chi connectivity index (χ0n) is 21.1. The van der Waals surface area contributed by atoms with Crippen LogP contribution in [0.2, 0.25) is 5.02 Å². The van der Waals surface area contributed by atoms with E-state index in [0.29, 0.717) is 17.9 Å². The highest BCUT2D eigenvalue weighted by molar-refractivity contribution is 7.86. The van der Waals surface area contributed by atoms with Gasteiger partial charge in [0.25, 0.3) is 10.1 Å². The summed E-state index contributed by atoms with van der Waals surface area (Å²) in [5, 5.41) is 12.5. The van der Waals surface area contributed by atoms with Crippen molar-refractivity contribution in [2.75, 3.05) is 6.26 Å². The minimum Gasteiger partial charge on any atom is -0.388 e.